The molecule has 7 heteroatoms. The SMILES string of the molecule is CCNS(=O)(=O)c1ccccc1NC(=O)C(N)CC. The lowest BCUT2D eigenvalue weighted by Crippen LogP contribution is -2.35. The van der Waals surface area contributed by atoms with E-state index in [1.807, 2.05) is 0 Å². The number of sulfonamides is 1. The Hall–Kier alpha value is -1.44. The van der Waals surface area contributed by atoms with Gasteiger partial charge in [-0.05, 0) is 18.6 Å². The lowest BCUT2D eigenvalue weighted by atomic mass is 10.2. The number of hydrogen-bond donors (Lipinski definition) is 3. The van der Waals surface area contributed by atoms with Gasteiger partial charge in [0.2, 0.25) is 15.9 Å². The fourth-order valence-corrected chi connectivity index (χ4v) is 2.68. The summed E-state index contributed by atoms with van der Waals surface area (Å²) >= 11 is 0. The number of amides is 1. The highest BCUT2D eigenvalue weighted by atomic mass is 32.2. The van der Waals surface area contributed by atoms with Crippen LogP contribution in [-0.2, 0) is 14.8 Å². The Morgan fingerprint density at radius 3 is 2.53 bits per heavy atom. The van der Waals surface area contributed by atoms with Gasteiger partial charge in [-0.3, -0.25) is 4.79 Å². The van der Waals surface area contributed by atoms with Gasteiger partial charge in [-0.1, -0.05) is 26.0 Å². The average molecular weight is 285 g/mol. The maximum Gasteiger partial charge on any atom is 0.242 e. The Morgan fingerprint density at radius 2 is 1.95 bits per heavy atom. The van der Waals surface area contributed by atoms with Crippen molar-refractivity contribution in [1.29, 1.82) is 0 Å². The molecule has 0 fully saturated rings. The number of hydrogen-bond acceptors (Lipinski definition) is 4. The van der Waals surface area contributed by atoms with Crippen LogP contribution < -0.4 is 15.8 Å². The maximum atomic E-state index is 12.0. The van der Waals surface area contributed by atoms with Crippen molar-refractivity contribution in [2.24, 2.45) is 5.73 Å². The van der Waals surface area contributed by atoms with E-state index in [-0.39, 0.29) is 17.1 Å². The fraction of sp³-hybridized carbons (Fsp3) is 0.417. The monoisotopic (exact) mass is 285 g/mol. The van der Waals surface area contributed by atoms with Gasteiger partial charge in [-0.15, -0.1) is 0 Å². The number of carbonyl (C=O) groups is 1. The zero-order chi connectivity index (χ0) is 14.5. The second-order valence-electron chi connectivity index (χ2n) is 4.00. The van der Waals surface area contributed by atoms with Crippen molar-refractivity contribution in [3.05, 3.63) is 24.3 Å². The molecule has 1 rings (SSSR count). The predicted octanol–water partition coefficient (Wildman–Crippen LogP) is 0.661. The number of nitrogens with one attached hydrogen (secondary N) is 2. The van der Waals surface area contributed by atoms with Crippen molar-refractivity contribution < 1.29 is 13.2 Å². The Bertz CT molecular complexity index is 543. The highest BCUT2D eigenvalue weighted by Crippen LogP contribution is 2.20. The van der Waals surface area contributed by atoms with E-state index in [0.717, 1.165) is 0 Å². The fourth-order valence-electron chi connectivity index (χ4n) is 1.48. The van der Waals surface area contributed by atoms with Crippen LogP contribution in [0, 0.1) is 0 Å². The quantitative estimate of drug-likeness (QED) is 0.714. The first kappa shape index (κ1) is 15.6. The van der Waals surface area contributed by atoms with Gasteiger partial charge < -0.3 is 11.1 Å². The van der Waals surface area contributed by atoms with Crippen LogP contribution in [0.15, 0.2) is 29.2 Å². The van der Waals surface area contributed by atoms with E-state index in [0.29, 0.717) is 6.42 Å². The first-order valence-corrected chi connectivity index (χ1v) is 7.55. The summed E-state index contributed by atoms with van der Waals surface area (Å²) in [6, 6.07) is 5.56. The molecule has 1 atom stereocenters. The summed E-state index contributed by atoms with van der Waals surface area (Å²) in [5, 5.41) is 2.54. The summed E-state index contributed by atoms with van der Waals surface area (Å²) in [5.41, 5.74) is 5.84. The number of nitrogens with two attached hydrogens (primary N) is 1. The van der Waals surface area contributed by atoms with Crippen LogP contribution in [0.5, 0.6) is 0 Å². The molecule has 0 saturated carbocycles. The summed E-state index contributed by atoms with van der Waals surface area (Å²) in [6.07, 6.45) is 0.480. The third-order valence-corrected chi connectivity index (χ3v) is 4.15. The molecule has 106 valence electrons. The van der Waals surface area contributed by atoms with E-state index >= 15 is 0 Å². The second kappa shape index (κ2) is 6.65. The molecule has 0 aliphatic heterocycles. The molecule has 4 N–H and O–H groups in total. The molecule has 1 unspecified atom stereocenters. The van der Waals surface area contributed by atoms with E-state index in [4.69, 9.17) is 5.73 Å². The summed E-state index contributed by atoms with van der Waals surface area (Å²) < 4.78 is 26.3. The Balaban J connectivity index is 3.07. The van der Waals surface area contributed by atoms with Gasteiger partial charge in [0.15, 0.2) is 0 Å². The van der Waals surface area contributed by atoms with Crippen LogP contribution >= 0.6 is 0 Å². The number of anilines is 1. The first-order chi connectivity index (χ1) is 8.92. The summed E-state index contributed by atoms with van der Waals surface area (Å²) in [7, 11) is -3.62. The molecule has 0 saturated heterocycles. The minimum atomic E-state index is -3.62. The van der Waals surface area contributed by atoms with Crippen molar-refractivity contribution in [3.8, 4) is 0 Å². The summed E-state index contributed by atoms with van der Waals surface area (Å²) in [6.45, 7) is 3.75. The van der Waals surface area contributed by atoms with Crippen LogP contribution in [0.3, 0.4) is 0 Å². The molecule has 0 heterocycles. The Labute approximate surface area is 113 Å². The van der Waals surface area contributed by atoms with Gasteiger partial charge in [-0.2, -0.15) is 0 Å². The van der Waals surface area contributed by atoms with Crippen LogP contribution in [0.4, 0.5) is 5.69 Å². The van der Waals surface area contributed by atoms with Crippen LogP contribution in [-0.4, -0.2) is 26.9 Å². The van der Waals surface area contributed by atoms with Crippen molar-refractivity contribution >= 4 is 21.6 Å². The van der Waals surface area contributed by atoms with Crippen LogP contribution in [0.1, 0.15) is 20.3 Å². The number of para-hydroxylation sites is 1. The smallest absolute Gasteiger partial charge is 0.242 e. The van der Waals surface area contributed by atoms with E-state index < -0.39 is 22.0 Å². The largest absolute Gasteiger partial charge is 0.324 e. The highest BCUT2D eigenvalue weighted by Gasteiger charge is 2.19. The Kier molecular flexibility index (Phi) is 5.46. The van der Waals surface area contributed by atoms with Crippen LogP contribution in [0.25, 0.3) is 0 Å². The predicted molar refractivity (Wildman–Crippen MR) is 74.2 cm³/mol. The van der Waals surface area contributed by atoms with E-state index in [1.165, 1.54) is 12.1 Å². The topological polar surface area (TPSA) is 101 Å². The molecule has 0 radical (unpaired) electrons. The summed E-state index contributed by atoms with van der Waals surface area (Å²) in [5.74, 6) is -0.401. The molecule has 0 aliphatic rings. The summed E-state index contributed by atoms with van der Waals surface area (Å²) in [4.78, 5) is 11.8. The van der Waals surface area contributed by atoms with Gasteiger partial charge in [0.05, 0.1) is 11.7 Å². The van der Waals surface area contributed by atoms with Crippen molar-refractivity contribution in [3.63, 3.8) is 0 Å². The lowest BCUT2D eigenvalue weighted by Gasteiger charge is -2.14. The molecule has 0 aliphatic carbocycles. The molecule has 1 aromatic rings. The molecule has 6 nitrogen and oxygen atoms in total. The van der Waals surface area contributed by atoms with Crippen molar-refractivity contribution in [2.75, 3.05) is 11.9 Å². The highest BCUT2D eigenvalue weighted by molar-refractivity contribution is 7.89. The number of benzene rings is 1. The van der Waals surface area contributed by atoms with E-state index in [9.17, 15) is 13.2 Å². The first-order valence-electron chi connectivity index (χ1n) is 6.07. The zero-order valence-corrected chi connectivity index (χ0v) is 11.8. The molecular weight excluding hydrogens is 266 g/mol. The molecule has 1 amide bonds. The number of rotatable bonds is 6. The normalized spacial score (nSPS) is 13.0. The minimum absolute atomic E-state index is 0.0357. The van der Waals surface area contributed by atoms with Gasteiger partial charge in [0, 0.05) is 6.54 Å². The third-order valence-electron chi connectivity index (χ3n) is 2.55. The van der Waals surface area contributed by atoms with Crippen molar-refractivity contribution in [1.82, 2.24) is 4.72 Å². The molecule has 19 heavy (non-hydrogen) atoms. The zero-order valence-electron chi connectivity index (χ0n) is 11.0. The van der Waals surface area contributed by atoms with Crippen molar-refractivity contribution in [2.45, 2.75) is 31.2 Å². The minimum Gasteiger partial charge on any atom is -0.324 e. The average Bonchev–Trinajstić information content (AvgIpc) is 2.38. The second-order valence-corrected chi connectivity index (χ2v) is 5.74. The Morgan fingerprint density at radius 1 is 1.32 bits per heavy atom. The standard InChI is InChI=1S/C12H19N3O3S/c1-3-9(13)12(16)15-10-7-5-6-8-11(10)19(17,18)14-4-2/h5-9,14H,3-4,13H2,1-2H3,(H,15,16). The van der Waals surface area contributed by atoms with Gasteiger partial charge in [-0.25, -0.2) is 13.1 Å². The van der Waals surface area contributed by atoms with E-state index in [2.05, 4.69) is 10.0 Å². The number of carbonyl (C=O) groups excluding carboxylic acids is 1. The molecular formula is C12H19N3O3S. The molecule has 0 spiro atoms. The van der Waals surface area contributed by atoms with Crippen LogP contribution in [0.2, 0.25) is 0 Å². The van der Waals surface area contributed by atoms with Gasteiger partial charge >= 0.3 is 0 Å². The molecule has 1 aromatic carbocycles. The molecule has 0 bridgehead atoms. The lowest BCUT2D eigenvalue weighted by molar-refractivity contribution is -0.117. The van der Waals surface area contributed by atoms with E-state index in [1.54, 1.807) is 26.0 Å². The van der Waals surface area contributed by atoms with Gasteiger partial charge in [0.25, 0.3) is 0 Å². The third kappa shape index (κ3) is 4.02. The maximum absolute atomic E-state index is 12.0. The molecule has 0 aromatic heterocycles. The van der Waals surface area contributed by atoms with Gasteiger partial charge in [0.1, 0.15) is 4.90 Å².